The SMILES string of the molecule is CC(C)(C)O/C([O-])=N/Nc1ccc(C(=O)ON2C(=O)CCC2=O)cc1. The van der Waals surface area contributed by atoms with Crippen LogP contribution in [-0.2, 0) is 19.2 Å². The molecular formula is C16H18N3O6-. The average Bonchev–Trinajstić information content (AvgIpc) is 2.83. The maximum Gasteiger partial charge on any atom is 0.363 e. The molecule has 0 atom stereocenters. The quantitative estimate of drug-likeness (QED) is 0.369. The molecule has 2 rings (SSSR count). The second kappa shape index (κ2) is 7.20. The van der Waals surface area contributed by atoms with Crippen LogP contribution >= 0.6 is 0 Å². The topological polar surface area (TPSA) is 120 Å². The number of benzene rings is 1. The molecule has 0 radical (unpaired) electrons. The molecule has 1 heterocycles. The van der Waals surface area contributed by atoms with Crippen molar-refractivity contribution in [3.05, 3.63) is 29.8 Å². The number of hydrazone groups is 1. The van der Waals surface area contributed by atoms with Crippen molar-refractivity contribution >= 4 is 29.6 Å². The molecule has 1 fully saturated rings. The van der Waals surface area contributed by atoms with Crippen LogP contribution in [0, 0.1) is 0 Å². The average molecular weight is 348 g/mol. The van der Waals surface area contributed by atoms with Crippen molar-refractivity contribution in [3.63, 3.8) is 0 Å². The number of nitrogens with one attached hydrogen (secondary N) is 1. The maximum atomic E-state index is 11.9. The van der Waals surface area contributed by atoms with E-state index < -0.39 is 29.5 Å². The van der Waals surface area contributed by atoms with Crippen LogP contribution < -0.4 is 10.5 Å². The highest BCUT2D eigenvalue weighted by Crippen LogP contribution is 2.16. The highest BCUT2D eigenvalue weighted by atomic mass is 16.7. The van der Waals surface area contributed by atoms with Crippen LogP contribution in [-0.4, -0.2) is 34.5 Å². The number of carbonyl (C=O) groups excluding carboxylic acids is 3. The summed E-state index contributed by atoms with van der Waals surface area (Å²) >= 11 is 0. The Kier molecular flexibility index (Phi) is 5.26. The molecule has 2 amide bonds. The van der Waals surface area contributed by atoms with Gasteiger partial charge < -0.3 is 14.7 Å². The minimum absolute atomic E-state index is 0.0289. The molecule has 1 aromatic carbocycles. The van der Waals surface area contributed by atoms with Crippen molar-refractivity contribution in [2.45, 2.75) is 39.2 Å². The lowest BCUT2D eigenvalue weighted by molar-refractivity contribution is -0.260. The lowest BCUT2D eigenvalue weighted by Gasteiger charge is -2.29. The van der Waals surface area contributed by atoms with Crippen molar-refractivity contribution in [1.29, 1.82) is 0 Å². The molecule has 1 aliphatic heterocycles. The van der Waals surface area contributed by atoms with E-state index in [1.54, 1.807) is 20.8 Å². The van der Waals surface area contributed by atoms with Gasteiger partial charge >= 0.3 is 5.97 Å². The van der Waals surface area contributed by atoms with Gasteiger partial charge in [-0.1, -0.05) is 20.8 Å². The van der Waals surface area contributed by atoms with E-state index in [2.05, 4.69) is 10.5 Å². The first-order valence-electron chi connectivity index (χ1n) is 7.53. The van der Waals surface area contributed by atoms with Gasteiger partial charge in [0, 0.05) is 18.4 Å². The van der Waals surface area contributed by atoms with Crippen molar-refractivity contribution in [2.24, 2.45) is 5.10 Å². The first-order chi connectivity index (χ1) is 11.7. The normalized spacial score (nSPS) is 15.3. The molecule has 0 saturated carbocycles. The first kappa shape index (κ1) is 18.2. The molecule has 1 saturated heterocycles. The van der Waals surface area contributed by atoms with E-state index in [4.69, 9.17) is 9.57 Å². The number of imide groups is 1. The molecule has 9 nitrogen and oxygen atoms in total. The number of hydrogen-bond acceptors (Lipinski definition) is 8. The van der Waals surface area contributed by atoms with Gasteiger partial charge in [0.05, 0.1) is 11.3 Å². The number of carbonyl (C=O) groups is 3. The predicted molar refractivity (Wildman–Crippen MR) is 84.8 cm³/mol. The Morgan fingerprint density at radius 3 is 2.24 bits per heavy atom. The Labute approximate surface area is 144 Å². The lowest BCUT2D eigenvalue weighted by atomic mass is 10.2. The Morgan fingerprint density at radius 1 is 1.16 bits per heavy atom. The van der Waals surface area contributed by atoms with Gasteiger partial charge in [0.15, 0.2) is 6.08 Å². The van der Waals surface area contributed by atoms with Crippen molar-refractivity contribution in [3.8, 4) is 0 Å². The summed E-state index contributed by atoms with van der Waals surface area (Å²) in [6.07, 6.45) is -0.718. The molecule has 1 aliphatic rings. The zero-order valence-corrected chi connectivity index (χ0v) is 14.1. The third kappa shape index (κ3) is 5.20. The summed E-state index contributed by atoms with van der Waals surface area (Å²) < 4.78 is 5.00. The molecule has 1 aromatic rings. The third-order valence-corrected chi connectivity index (χ3v) is 2.97. The molecule has 1 N–H and O–H groups in total. The van der Waals surface area contributed by atoms with E-state index in [1.807, 2.05) is 0 Å². The number of ether oxygens (including phenoxy) is 1. The maximum absolute atomic E-state index is 11.9. The largest absolute Gasteiger partial charge is 0.593 e. The Balaban J connectivity index is 1.95. The summed E-state index contributed by atoms with van der Waals surface area (Å²) in [5, 5.41) is 15.5. The molecule has 0 aromatic heterocycles. The molecule has 0 aliphatic carbocycles. The van der Waals surface area contributed by atoms with Gasteiger partial charge in [-0.3, -0.25) is 15.0 Å². The molecule has 0 unspecified atom stereocenters. The van der Waals surface area contributed by atoms with Crippen LogP contribution in [0.3, 0.4) is 0 Å². The Hall–Kier alpha value is -3.10. The summed E-state index contributed by atoms with van der Waals surface area (Å²) in [7, 11) is 0. The van der Waals surface area contributed by atoms with E-state index in [0.29, 0.717) is 10.8 Å². The van der Waals surface area contributed by atoms with Crippen LogP contribution in [0.15, 0.2) is 29.4 Å². The van der Waals surface area contributed by atoms with Crippen LogP contribution in [0.1, 0.15) is 44.0 Å². The minimum atomic E-state index is -0.834. The van der Waals surface area contributed by atoms with Crippen molar-refractivity contribution in [1.82, 2.24) is 5.06 Å². The van der Waals surface area contributed by atoms with Gasteiger partial charge in [-0.2, -0.15) is 5.10 Å². The predicted octanol–water partition coefficient (Wildman–Crippen LogP) is 0.766. The fraction of sp³-hybridized carbons (Fsp3) is 0.375. The highest BCUT2D eigenvalue weighted by molar-refractivity contribution is 6.02. The van der Waals surface area contributed by atoms with Gasteiger partial charge in [-0.25, -0.2) is 4.79 Å². The van der Waals surface area contributed by atoms with E-state index in [9.17, 15) is 19.5 Å². The zero-order valence-electron chi connectivity index (χ0n) is 14.1. The van der Waals surface area contributed by atoms with Gasteiger partial charge in [-0.05, 0) is 24.3 Å². The standard InChI is InChI=1S/C16H19N3O6/c1-16(2,3)24-15(23)18-17-11-6-4-10(5-7-11)14(22)25-19-12(20)8-9-13(19)21/h4-7,17H,8-9H2,1-3H3,(H,18,23)/p-1. The van der Waals surface area contributed by atoms with E-state index in [0.717, 1.165) is 0 Å². The van der Waals surface area contributed by atoms with Crippen LogP contribution in [0.5, 0.6) is 0 Å². The summed E-state index contributed by atoms with van der Waals surface area (Å²) in [5.74, 6) is -1.93. The smallest absolute Gasteiger partial charge is 0.363 e. The number of hydrogen-bond donors (Lipinski definition) is 1. The third-order valence-electron chi connectivity index (χ3n) is 2.97. The number of rotatable bonds is 4. The van der Waals surface area contributed by atoms with E-state index in [-0.39, 0.29) is 18.4 Å². The Morgan fingerprint density at radius 2 is 1.72 bits per heavy atom. The molecule has 9 heteroatoms. The summed E-state index contributed by atoms with van der Waals surface area (Å²) in [6.45, 7) is 5.16. The Bertz CT molecular complexity index is 690. The van der Waals surface area contributed by atoms with Gasteiger partial charge in [0.1, 0.15) is 0 Å². The number of amides is 2. The van der Waals surface area contributed by atoms with Crippen molar-refractivity contribution in [2.75, 3.05) is 5.43 Å². The lowest BCUT2D eigenvalue weighted by Crippen LogP contribution is -2.32. The second-order valence-corrected chi connectivity index (χ2v) is 6.24. The molecular weight excluding hydrogens is 330 g/mol. The van der Waals surface area contributed by atoms with Gasteiger partial charge in [0.25, 0.3) is 11.8 Å². The number of hydroxylamine groups is 2. The van der Waals surface area contributed by atoms with Crippen LogP contribution in [0.4, 0.5) is 5.69 Å². The highest BCUT2D eigenvalue weighted by Gasteiger charge is 2.33. The minimum Gasteiger partial charge on any atom is -0.593 e. The van der Waals surface area contributed by atoms with E-state index >= 15 is 0 Å². The summed E-state index contributed by atoms with van der Waals surface area (Å²) in [4.78, 5) is 39.6. The summed E-state index contributed by atoms with van der Waals surface area (Å²) in [6, 6.07) is 5.77. The van der Waals surface area contributed by atoms with Gasteiger partial charge in [-0.15, -0.1) is 5.06 Å². The summed E-state index contributed by atoms with van der Waals surface area (Å²) in [5.41, 5.74) is 2.42. The van der Waals surface area contributed by atoms with E-state index in [1.165, 1.54) is 24.3 Å². The molecule has 25 heavy (non-hydrogen) atoms. The van der Waals surface area contributed by atoms with Crippen molar-refractivity contribution < 1.29 is 29.1 Å². The van der Waals surface area contributed by atoms with Crippen LogP contribution in [0.25, 0.3) is 0 Å². The number of anilines is 1. The first-order valence-corrected chi connectivity index (χ1v) is 7.53. The molecule has 0 bridgehead atoms. The zero-order chi connectivity index (χ0) is 18.6. The molecule has 0 spiro atoms. The monoisotopic (exact) mass is 348 g/mol. The fourth-order valence-electron chi connectivity index (χ4n) is 1.87. The second-order valence-electron chi connectivity index (χ2n) is 6.24. The number of nitrogens with zero attached hydrogens (tertiary/aromatic N) is 2. The van der Waals surface area contributed by atoms with Crippen LogP contribution in [0.2, 0.25) is 0 Å². The fourth-order valence-corrected chi connectivity index (χ4v) is 1.87. The molecule has 134 valence electrons. The van der Waals surface area contributed by atoms with Gasteiger partial charge in [0.2, 0.25) is 0 Å².